The molecule has 0 spiro atoms. The van der Waals surface area contributed by atoms with Crippen molar-refractivity contribution < 1.29 is 38.2 Å². The Morgan fingerprint density at radius 3 is 2.14 bits per heavy atom. The maximum absolute atomic E-state index is 14.1. The SMILES string of the molecule is COC(=O)OC[C@@H](NC(=O)N[C@H](C(=O)N1C[C@H]2[C@@H]([C@H]1C(=O)NC(CC1CCC1)C(=O)C(N)=O)C2(C)C)C(C)(C)C)C(C)C. The summed E-state index contributed by atoms with van der Waals surface area (Å²) < 4.78 is 9.52. The van der Waals surface area contributed by atoms with Crippen LogP contribution in [0.4, 0.5) is 9.59 Å². The number of nitrogens with two attached hydrogens (primary N) is 1. The van der Waals surface area contributed by atoms with Crippen LogP contribution in [0.15, 0.2) is 0 Å². The minimum absolute atomic E-state index is 0.0689. The summed E-state index contributed by atoms with van der Waals surface area (Å²) in [6.45, 7) is 13.4. The van der Waals surface area contributed by atoms with Gasteiger partial charge in [0.2, 0.25) is 17.6 Å². The zero-order valence-corrected chi connectivity index (χ0v) is 26.7. The molecule has 242 valence electrons. The topological polar surface area (TPSA) is 186 Å². The Morgan fingerprint density at radius 2 is 1.65 bits per heavy atom. The number of hydrogen-bond acceptors (Lipinski definition) is 8. The number of nitrogens with zero attached hydrogens (tertiary/aromatic N) is 1. The van der Waals surface area contributed by atoms with Crippen molar-refractivity contribution in [2.24, 2.45) is 40.2 Å². The first-order chi connectivity index (χ1) is 19.9. The number of methoxy groups -OCH3 is 1. The number of likely N-dealkylation sites (tertiary alicyclic amines) is 1. The van der Waals surface area contributed by atoms with E-state index in [1.807, 2.05) is 48.5 Å². The van der Waals surface area contributed by atoms with E-state index in [0.717, 1.165) is 19.3 Å². The highest BCUT2D eigenvalue weighted by Crippen LogP contribution is 2.65. The van der Waals surface area contributed by atoms with Crippen molar-refractivity contribution in [2.45, 2.75) is 98.3 Å². The molecule has 1 saturated heterocycles. The van der Waals surface area contributed by atoms with Gasteiger partial charge in [0.25, 0.3) is 5.91 Å². The number of nitrogens with one attached hydrogen (secondary N) is 3. The fourth-order valence-electron chi connectivity index (χ4n) is 6.31. The lowest BCUT2D eigenvalue weighted by molar-refractivity contribution is -0.145. The lowest BCUT2D eigenvalue weighted by Crippen LogP contribution is -2.62. The molecule has 13 nitrogen and oxygen atoms in total. The van der Waals surface area contributed by atoms with Gasteiger partial charge in [-0.1, -0.05) is 67.7 Å². The summed E-state index contributed by atoms with van der Waals surface area (Å²) in [5.41, 5.74) is 4.38. The van der Waals surface area contributed by atoms with Crippen LogP contribution in [0.5, 0.6) is 0 Å². The van der Waals surface area contributed by atoms with Crippen molar-refractivity contribution in [3.8, 4) is 0 Å². The summed E-state index contributed by atoms with van der Waals surface area (Å²) in [6, 6.07) is -4.10. The van der Waals surface area contributed by atoms with Gasteiger partial charge in [-0.05, 0) is 40.9 Å². The molecule has 5 N–H and O–H groups in total. The number of piperidine rings is 1. The lowest BCUT2D eigenvalue weighted by Gasteiger charge is -2.38. The molecular weight excluding hydrogens is 558 g/mol. The molecule has 0 aromatic heterocycles. The van der Waals surface area contributed by atoms with Crippen LogP contribution in [-0.2, 0) is 28.7 Å². The number of carbonyl (C=O) groups excluding carboxylic acids is 6. The minimum Gasteiger partial charge on any atom is -0.438 e. The van der Waals surface area contributed by atoms with E-state index in [4.69, 9.17) is 10.5 Å². The number of hydrogen-bond donors (Lipinski definition) is 4. The third-order valence-corrected chi connectivity index (χ3v) is 9.49. The van der Waals surface area contributed by atoms with Crippen molar-refractivity contribution in [3.05, 3.63) is 0 Å². The fraction of sp³-hybridized carbons (Fsp3) is 0.800. The number of carbonyl (C=O) groups is 6. The Labute approximate surface area is 253 Å². The van der Waals surface area contributed by atoms with Crippen molar-refractivity contribution in [1.82, 2.24) is 20.9 Å². The molecule has 0 radical (unpaired) electrons. The Bertz CT molecular complexity index is 1110. The zero-order chi connectivity index (χ0) is 32.4. The average Bonchev–Trinajstić information content (AvgIpc) is 3.21. The van der Waals surface area contributed by atoms with E-state index in [-0.39, 0.29) is 35.7 Å². The highest BCUT2D eigenvalue weighted by atomic mass is 16.7. The van der Waals surface area contributed by atoms with Crippen molar-refractivity contribution in [3.63, 3.8) is 0 Å². The number of rotatable bonds is 12. The quantitative estimate of drug-likeness (QED) is 0.191. The third-order valence-electron chi connectivity index (χ3n) is 9.49. The second kappa shape index (κ2) is 13.1. The van der Waals surface area contributed by atoms with E-state index in [1.54, 1.807) is 0 Å². The van der Waals surface area contributed by atoms with Gasteiger partial charge in [-0.2, -0.15) is 0 Å². The van der Waals surface area contributed by atoms with E-state index in [2.05, 4.69) is 20.7 Å². The van der Waals surface area contributed by atoms with Crippen LogP contribution in [0, 0.1) is 34.5 Å². The van der Waals surface area contributed by atoms with Gasteiger partial charge in [-0.3, -0.25) is 19.2 Å². The summed E-state index contributed by atoms with van der Waals surface area (Å²) in [4.78, 5) is 78.4. The first-order valence-electron chi connectivity index (χ1n) is 15.1. The number of ether oxygens (including phenoxy) is 2. The molecule has 0 aromatic rings. The molecule has 5 amide bonds. The standard InChI is InChI=1S/C30H49N5O8/c1-15(2)19(14-43-28(41)42-8)33-27(40)34-23(29(3,4)5)26(39)35-13-17-20(30(17,6)7)21(35)25(38)32-18(22(36)24(31)37)12-16-10-9-11-16/h15-21,23H,9-14H2,1-8H3,(H2,31,37)(H,32,38)(H2,33,34,40)/t17-,18?,19+,20-,21-,23+/m0/s1. The average molecular weight is 608 g/mol. The molecule has 1 unspecified atom stereocenters. The highest BCUT2D eigenvalue weighted by Gasteiger charge is 2.70. The van der Waals surface area contributed by atoms with Gasteiger partial charge >= 0.3 is 12.2 Å². The second-order valence-electron chi connectivity index (χ2n) is 14.2. The maximum atomic E-state index is 14.1. The molecule has 13 heteroatoms. The summed E-state index contributed by atoms with van der Waals surface area (Å²) >= 11 is 0. The Kier molecular flexibility index (Phi) is 10.4. The highest BCUT2D eigenvalue weighted by molar-refractivity contribution is 6.37. The first-order valence-corrected chi connectivity index (χ1v) is 15.1. The van der Waals surface area contributed by atoms with Gasteiger partial charge < -0.3 is 36.1 Å². The number of Topliss-reactive ketones (excluding diaryl/α,β-unsaturated/α-hetero) is 1. The monoisotopic (exact) mass is 607 g/mol. The molecule has 3 rings (SSSR count). The normalized spacial score (nSPS) is 24.5. The Morgan fingerprint density at radius 1 is 1.02 bits per heavy atom. The van der Waals surface area contributed by atoms with Crippen LogP contribution >= 0.6 is 0 Å². The van der Waals surface area contributed by atoms with E-state index in [0.29, 0.717) is 13.0 Å². The van der Waals surface area contributed by atoms with Crippen LogP contribution in [0.1, 0.15) is 74.1 Å². The van der Waals surface area contributed by atoms with Gasteiger partial charge in [0, 0.05) is 6.54 Å². The van der Waals surface area contributed by atoms with Gasteiger partial charge in [-0.15, -0.1) is 0 Å². The van der Waals surface area contributed by atoms with Gasteiger partial charge in [0.05, 0.1) is 19.2 Å². The molecule has 6 atom stereocenters. The van der Waals surface area contributed by atoms with Crippen LogP contribution < -0.4 is 21.7 Å². The van der Waals surface area contributed by atoms with Crippen LogP contribution in [0.25, 0.3) is 0 Å². The van der Waals surface area contributed by atoms with Gasteiger partial charge in [0.1, 0.15) is 18.7 Å². The summed E-state index contributed by atoms with van der Waals surface area (Å²) in [6.07, 6.45) is 2.32. The van der Waals surface area contributed by atoms with Crippen molar-refractivity contribution in [2.75, 3.05) is 20.3 Å². The fourth-order valence-corrected chi connectivity index (χ4v) is 6.31. The van der Waals surface area contributed by atoms with Gasteiger partial charge in [-0.25, -0.2) is 9.59 Å². The Balaban J connectivity index is 1.79. The van der Waals surface area contributed by atoms with E-state index in [9.17, 15) is 28.8 Å². The molecule has 1 aliphatic heterocycles. The molecule has 2 aliphatic carbocycles. The first kappa shape index (κ1) is 34.1. The molecule has 0 bridgehead atoms. The summed E-state index contributed by atoms with van der Waals surface area (Å²) in [5, 5.41) is 8.33. The molecule has 43 heavy (non-hydrogen) atoms. The van der Waals surface area contributed by atoms with Crippen LogP contribution in [0.2, 0.25) is 0 Å². The van der Waals surface area contributed by atoms with Gasteiger partial charge in [0.15, 0.2) is 0 Å². The predicted molar refractivity (Wildman–Crippen MR) is 156 cm³/mol. The zero-order valence-electron chi connectivity index (χ0n) is 26.7. The molecule has 2 saturated carbocycles. The van der Waals surface area contributed by atoms with Crippen LogP contribution in [-0.4, -0.2) is 85.0 Å². The predicted octanol–water partition coefficient (Wildman–Crippen LogP) is 1.72. The second-order valence-corrected chi connectivity index (χ2v) is 14.2. The minimum atomic E-state index is -1.10. The Hall–Kier alpha value is -3.38. The van der Waals surface area contributed by atoms with Crippen LogP contribution in [0.3, 0.4) is 0 Å². The molecule has 3 aliphatic rings. The number of ketones is 1. The molecule has 3 fully saturated rings. The number of urea groups is 1. The molecule has 0 aromatic carbocycles. The van der Waals surface area contributed by atoms with E-state index >= 15 is 0 Å². The number of amides is 5. The number of fused-ring (bicyclic) bond motifs is 1. The summed E-state index contributed by atoms with van der Waals surface area (Å²) in [5.74, 6) is -2.81. The van der Waals surface area contributed by atoms with Crippen molar-refractivity contribution in [1.29, 1.82) is 0 Å². The lowest BCUT2D eigenvalue weighted by atomic mass is 9.80. The number of primary amides is 1. The summed E-state index contributed by atoms with van der Waals surface area (Å²) in [7, 11) is 1.19. The third kappa shape index (κ3) is 7.77. The molecular formula is C30H49N5O8. The van der Waals surface area contributed by atoms with E-state index in [1.165, 1.54) is 12.0 Å². The largest absolute Gasteiger partial charge is 0.508 e. The van der Waals surface area contributed by atoms with Crippen molar-refractivity contribution >= 4 is 35.7 Å². The smallest absolute Gasteiger partial charge is 0.438 e. The van der Waals surface area contributed by atoms with E-state index < -0.39 is 65.3 Å². The maximum Gasteiger partial charge on any atom is 0.508 e. The molecule has 1 heterocycles.